The third kappa shape index (κ3) is 2.60. The van der Waals surface area contributed by atoms with Crippen molar-refractivity contribution in [3.63, 3.8) is 0 Å². The Labute approximate surface area is 139 Å². The Morgan fingerprint density at radius 2 is 2.00 bits per heavy atom. The first-order valence-electron chi connectivity index (χ1n) is 7.95. The number of carbonyl (C=O) groups excluding carboxylic acids is 1. The number of hydrogen-bond acceptors (Lipinski definition) is 5. The topological polar surface area (TPSA) is 85.6 Å². The maximum atomic E-state index is 12.6. The lowest BCUT2D eigenvalue weighted by Gasteiger charge is -2.17. The number of aromatic nitrogens is 2. The number of amides is 1. The van der Waals surface area contributed by atoms with Gasteiger partial charge in [0.15, 0.2) is 0 Å². The van der Waals surface area contributed by atoms with Crippen LogP contribution in [0, 0.1) is 0 Å². The summed E-state index contributed by atoms with van der Waals surface area (Å²) in [5.41, 5.74) is 2.17. The van der Waals surface area contributed by atoms with Gasteiger partial charge in [-0.15, -0.1) is 0 Å². The second kappa shape index (κ2) is 6.01. The molecule has 0 aliphatic carbocycles. The normalized spacial score (nSPS) is 28.8. The average molecular weight is 329 g/mol. The Hall–Kier alpha value is -2.22. The predicted octanol–water partition coefficient (Wildman–Crippen LogP) is 0.344. The summed E-state index contributed by atoms with van der Waals surface area (Å²) in [6, 6.07) is 11.2. The molecule has 0 bridgehead atoms. The number of hydrogen-bond donors (Lipinski definition) is 2. The van der Waals surface area contributed by atoms with Crippen LogP contribution in [0.4, 0.5) is 0 Å². The molecule has 2 aliphatic heterocycles. The van der Waals surface area contributed by atoms with Crippen molar-refractivity contribution in [2.75, 3.05) is 13.2 Å². The van der Waals surface area contributed by atoms with Crippen LogP contribution in [0.5, 0.6) is 0 Å². The van der Waals surface area contributed by atoms with E-state index in [0.717, 1.165) is 11.3 Å². The fraction of sp³-hybridized carbons (Fsp3) is 0.412. The molecule has 126 valence electrons. The van der Waals surface area contributed by atoms with Crippen LogP contribution in [0.1, 0.15) is 10.5 Å². The minimum atomic E-state index is -0.627. The molecule has 2 aromatic rings. The number of benzene rings is 1. The molecule has 4 atom stereocenters. The fourth-order valence-electron chi connectivity index (χ4n) is 3.27. The number of nitrogens with zero attached hydrogens (tertiary/aromatic N) is 2. The van der Waals surface area contributed by atoms with Gasteiger partial charge in [-0.1, -0.05) is 30.3 Å². The summed E-state index contributed by atoms with van der Waals surface area (Å²) < 4.78 is 12.6. The minimum absolute atomic E-state index is 0.230. The van der Waals surface area contributed by atoms with E-state index in [1.54, 1.807) is 17.8 Å². The number of rotatable bonds is 3. The van der Waals surface area contributed by atoms with Crippen molar-refractivity contribution in [3.05, 3.63) is 42.1 Å². The van der Waals surface area contributed by atoms with Gasteiger partial charge in [-0.25, -0.2) is 0 Å². The van der Waals surface area contributed by atoms with Crippen molar-refractivity contribution in [1.82, 2.24) is 15.1 Å². The Morgan fingerprint density at radius 1 is 1.25 bits per heavy atom. The smallest absolute Gasteiger partial charge is 0.269 e. The number of aliphatic hydroxyl groups is 1. The van der Waals surface area contributed by atoms with Gasteiger partial charge in [0.25, 0.3) is 5.91 Å². The zero-order valence-electron chi connectivity index (χ0n) is 13.3. The summed E-state index contributed by atoms with van der Waals surface area (Å²) in [6.07, 6.45) is -1.29. The van der Waals surface area contributed by atoms with Gasteiger partial charge in [0, 0.05) is 12.6 Å². The quantitative estimate of drug-likeness (QED) is 0.848. The van der Waals surface area contributed by atoms with Crippen molar-refractivity contribution < 1.29 is 19.4 Å². The molecule has 4 rings (SSSR count). The molecule has 1 aromatic carbocycles. The van der Waals surface area contributed by atoms with Crippen molar-refractivity contribution in [2.24, 2.45) is 7.05 Å². The second-order valence-electron chi connectivity index (χ2n) is 6.15. The number of nitrogens with one attached hydrogen (secondary N) is 1. The first-order chi connectivity index (χ1) is 11.6. The third-order valence-electron chi connectivity index (χ3n) is 4.53. The Balaban J connectivity index is 1.50. The van der Waals surface area contributed by atoms with Crippen molar-refractivity contribution in [3.8, 4) is 11.3 Å². The van der Waals surface area contributed by atoms with Crippen LogP contribution in [0.3, 0.4) is 0 Å². The Bertz CT molecular complexity index is 746. The van der Waals surface area contributed by atoms with Gasteiger partial charge >= 0.3 is 0 Å². The van der Waals surface area contributed by atoms with Gasteiger partial charge in [0.05, 0.1) is 24.9 Å². The highest BCUT2D eigenvalue weighted by Crippen LogP contribution is 2.27. The highest BCUT2D eigenvalue weighted by Gasteiger charge is 2.47. The average Bonchev–Trinajstić information content (AvgIpc) is 3.26. The molecular formula is C17H19N3O4. The van der Waals surface area contributed by atoms with Crippen molar-refractivity contribution in [2.45, 2.75) is 24.4 Å². The van der Waals surface area contributed by atoms with Crippen LogP contribution in [0.15, 0.2) is 36.4 Å². The molecule has 1 aromatic heterocycles. The first-order valence-corrected chi connectivity index (χ1v) is 7.95. The van der Waals surface area contributed by atoms with E-state index >= 15 is 0 Å². The minimum Gasteiger partial charge on any atom is -0.388 e. The summed E-state index contributed by atoms with van der Waals surface area (Å²) in [5.74, 6) is -0.230. The summed E-state index contributed by atoms with van der Waals surface area (Å²) in [4.78, 5) is 12.6. The lowest BCUT2D eigenvalue weighted by atomic mass is 10.1. The van der Waals surface area contributed by atoms with Gasteiger partial charge < -0.3 is 19.9 Å². The summed E-state index contributed by atoms with van der Waals surface area (Å²) in [6.45, 7) is 0.576. The van der Waals surface area contributed by atoms with E-state index < -0.39 is 6.10 Å². The molecule has 2 aliphatic rings. The van der Waals surface area contributed by atoms with Crippen LogP contribution in [0.25, 0.3) is 11.3 Å². The molecular weight excluding hydrogens is 310 g/mol. The molecule has 0 unspecified atom stereocenters. The predicted molar refractivity (Wildman–Crippen MR) is 85.4 cm³/mol. The van der Waals surface area contributed by atoms with Crippen LogP contribution in [0.2, 0.25) is 0 Å². The first kappa shape index (κ1) is 15.3. The van der Waals surface area contributed by atoms with Crippen LogP contribution in [-0.2, 0) is 16.5 Å². The number of aliphatic hydroxyl groups excluding tert-OH is 1. The molecule has 0 saturated carbocycles. The molecule has 0 radical (unpaired) electrons. The van der Waals surface area contributed by atoms with Crippen LogP contribution < -0.4 is 5.32 Å². The maximum Gasteiger partial charge on any atom is 0.269 e. The molecule has 7 heteroatoms. The van der Waals surface area contributed by atoms with E-state index in [1.807, 2.05) is 30.3 Å². The third-order valence-corrected chi connectivity index (χ3v) is 4.53. The molecule has 0 spiro atoms. The lowest BCUT2D eigenvalue weighted by molar-refractivity contribution is 0.0178. The fourth-order valence-corrected chi connectivity index (χ4v) is 3.27. The lowest BCUT2D eigenvalue weighted by Crippen LogP contribution is -2.44. The highest BCUT2D eigenvalue weighted by atomic mass is 16.6. The highest BCUT2D eigenvalue weighted by molar-refractivity contribution is 5.94. The van der Waals surface area contributed by atoms with Crippen LogP contribution >= 0.6 is 0 Å². The van der Waals surface area contributed by atoms with E-state index in [0.29, 0.717) is 12.3 Å². The second-order valence-corrected chi connectivity index (χ2v) is 6.15. The Morgan fingerprint density at radius 3 is 2.79 bits per heavy atom. The molecule has 2 fully saturated rings. The van der Waals surface area contributed by atoms with Crippen LogP contribution in [-0.4, -0.2) is 58.4 Å². The molecule has 7 nitrogen and oxygen atoms in total. The van der Waals surface area contributed by atoms with Gasteiger partial charge in [-0.05, 0) is 6.07 Å². The van der Waals surface area contributed by atoms with E-state index in [1.165, 1.54) is 0 Å². The zero-order chi connectivity index (χ0) is 16.7. The molecule has 2 N–H and O–H groups in total. The molecule has 1 amide bonds. The van der Waals surface area contributed by atoms with Gasteiger partial charge in [0.2, 0.25) is 0 Å². The number of fused-ring (bicyclic) bond motifs is 1. The van der Waals surface area contributed by atoms with E-state index in [2.05, 4.69) is 10.4 Å². The van der Waals surface area contributed by atoms with Gasteiger partial charge in [-0.2, -0.15) is 5.10 Å². The summed E-state index contributed by atoms with van der Waals surface area (Å²) in [7, 11) is 1.74. The number of ether oxygens (including phenoxy) is 2. The molecule has 3 heterocycles. The Kier molecular flexibility index (Phi) is 3.84. The number of carbonyl (C=O) groups is 1. The van der Waals surface area contributed by atoms with Crippen molar-refractivity contribution >= 4 is 5.91 Å². The summed E-state index contributed by atoms with van der Waals surface area (Å²) in [5, 5.41) is 17.1. The monoisotopic (exact) mass is 329 g/mol. The van der Waals surface area contributed by atoms with Crippen molar-refractivity contribution in [1.29, 1.82) is 0 Å². The van der Waals surface area contributed by atoms with E-state index in [9.17, 15) is 9.90 Å². The SMILES string of the molecule is Cn1nc(-c2ccccc2)cc1C(=O)N[C@@H]1CO[C@H]2[C@@H]1OC[C@H]2O. The molecule has 2 saturated heterocycles. The zero-order valence-corrected chi connectivity index (χ0v) is 13.3. The standard InChI is InChI=1S/C17H19N3O4/c1-20-13(7-11(19-20)10-5-3-2-4-6-10)17(22)18-12-8-23-16-14(21)9-24-15(12)16/h2-7,12,14-16,21H,8-9H2,1H3,(H,18,22)/t12-,14-,15-,16-/m1/s1. The molecule has 24 heavy (non-hydrogen) atoms. The van der Waals surface area contributed by atoms with Gasteiger partial charge in [0.1, 0.15) is 24.0 Å². The summed E-state index contributed by atoms with van der Waals surface area (Å²) >= 11 is 0. The maximum absolute atomic E-state index is 12.6. The number of aryl methyl sites for hydroxylation is 1. The van der Waals surface area contributed by atoms with E-state index in [4.69, 9.17) is 9.47 Å². The largest absolute Gasteiger partial charge is 0.388 e. The van der Waals surface area contributed by atoms with Gasteiger partial charge in [-0.3, -0.25) is 9.48 Å². The van der Waals surface area contributed by atoms with E-state index in [-0.39, 0.29) is 30.8 Å².